The molecule has 0 aliphatic rings. The molecule has 0 aromatic carbocycles. The summed E-state index contributed by atoms with van der Waals surface area (Å²) in [5.41, 5.74) is 0. The molecule has 0 fully saturated rings. The fourth-order valence-electron chi connectivity index (χ4n) is 0.339. The molecule has 1 heteroatoms. The molecular weight excluding hydrogens is 124 g/mol. The van der Waals surface area contributed by atoms with Crippen LogP contribution in [-0.4, -0.2) is 11.7 Å². The minimum Gasteiger partial charge on any atom is -0.395 e. The van der Waals surface area contributed by atoms with E-state index in [0.29, 0.717) is 6.42 Å². The molecule has 0 unspecified atom stereocenters. The summed E-state index contributed by atoms with van der Waals surface area (Å²) in [6.45, 7) is -2.77. The van der Waals surface area contributed by atoms with Crippen LogP contribution in [0.2, 0.25) is 0 Å². The van der Waals surface area contributed by atoms with Gasteiger partial charge >= 0.3 is 0 Å². The first-order chi connectivity index (χ1) is 6.81. The molecule has 10 heavy (non-hydrogen) atoms. The van der Waals surface area contributed by atoms with Crippen LogP contribution in [0.25, 0.3) is 0 Å². The van der Waals surface area contributed by atoms with E-state index in [-0.39, 0.29) is 13.0 Å². The Morgan fingerprint density at radius 2 is 2.20 bits per heavy atom. The molecule has 0 aromatic heterocycles. The Morgan fingerprint density at radius 1 is 1.40 bits per heavy atom. The van der Waals surface area contributed by atoms with Crippen molar-refractivity contribution in [1.82, 2.24) is 0 Å². The van der Waals surface area contributed by atoms with Crippen LogP contribution in [0.5, 0.6) is 0 Å². The maximum atomic E-state index is 8.39. The van der Waals surface area contributed by atoms with E-state index >= 15 is 0 Å². The van der Waals surface area contributed by atoms with Crippen LogP contribution < -0.4 is 0 Å². The van der Waals surface area contributed by atoms with Crippen LogP contribution in [0, 0.1) is 23.7 Å². The molecule has 0 bridgehead atoms. The quantitative estimate of drug-likeness (QED) is 0.544. The first-order valence-corrected chi connectivity index (χ1v) is 2.88. The van der Waals surface area contributed by atoms with Gasteiger partial charge in [-0.25, -0.2) is 0 Å². The van der Waals surface area contributed by atoms with E-state index in [9.17, 15) is 0 Å². The third-order valence-electron chi connectivity index (χ3n) is 0.689. The van der Waals surface area contributed by atoms with Gasteiger partial charge in [0.2, 0.25) is 0 Å². The van der Waals surface area contributed by atoms with Crippen molar-refractivity contribution in [2.45, 2.75) is 26.1 Å². The van der Waals surface area contributed by atoms with E-state index in [2.05, 4.69) is 17.8 Å². The van der Waals surface area contributed by atoms with E-state index < -0.39 is 13.2 Å². The van der Waals surface area contributed by atoms with Crippen LogP contribution >= 0.6 is 0 Å². The summed E-state index contributed by atoms with van der Waals surface area (Å²) in [5, 5.41) is 8.39. The van der Waals surface area contributed by atoms with Crippen molar-refractivity contribution in [1.29, 1.82) is 0 Å². The second-order valence-electron chi connectivity index (χ2n) is 1.43. The molecule has 0 aromatic rings. The highest BCUT2D eigenvalue weighted by atomic mass is 16.2. The summed E-state index contributed by atoms with van der Waals surface area (Å²) in [4.78, 5) is 0. The van der Waals surface area contributed by atoms with Crippen LogP contribution in [-0.2, 0) is 0 Å². The number of hydrogen-bond acceptors (Lipinski definition) is 1. The van der Waals surface area contributed by atoms with E-state index in [1.54, 1.807) is 0 Å². The van der Waals surface area contributed by atoms with Crippen molar-refractivity contribution >= 4 is 0 Å². The second kappa shape index (κ2) is 8.08. The van der Waals surface area contributed by atoms with Crippen LogP contribution in [0.15, 0.2) is 0 Å². The van der Waals surface area contributed by atoms with Gasteiger partial charge in [-0.05, 0) is 0 Å². The Balaban J connectivity index is 4.25. The van der Waals surface area contributed by atoms with Gasteiger partial charge < -0.3 is 5.11 Å². The van der Waals surface area contributed by atoms with Crippen molar-refractivity contribution in [2.75, 3.05) is 6.61 Å². The lowest BCUT2D eigenvalue weighted by molar-refractivity contribution is 0.305. The Labute approximate surface area is 69.5 Å². The summed E-state index contributed by atoms with van der Waals surface area (Å²) < 4.78 is 34.9. The minimum absolute atomic E-state index is 0.0312. The highest BCUT2D eigenvalue weighted by molar-refractivity contribution is 5.11. The summed E-state index contributed by atoms with van der Waals surface area (Å²) >= 11 is 0. The SMILES string of the molecule is [2H]C([2H])([2H])C([2H])([2H])C#CCC#CCCO. The average molecular weight is 141 g/mol. The summed E-state index contributed by atoms with van der Waals surface area (Å²) in [6, 6.07) is 0. The Hall–Kier alpha value is -0.920. The number of aliphatic hydroxyl groups is 1. The van der Waals surface area contributed by atoms with Gasteiger partial charge in [0.1, 0.15) is 0 Å². The molecule has 0 aliphatic carbocycles. The topological polar surface area (TPSA) is 20.2 Å². The lowest BCUT2D eigenvalue weighted by atomic mass is 10.3. The zero-order valence-corrected chi connectivity index (χ0v) is 5.57. The van der Waals surface area contributed by atoms with E-state index in [0.717, 1.165) is 0 Å². The Morgan fingerprint density at radius 3 is 2.90 bits per heavy atom. The van der Waals surface area contributed by atoms with Gasteiger partial charge in [0.05, 0.1) is 13.0 Å². The van der Waals surface area contributed by atoms with Gasteiger partial charge in [0.15, 0.2) is 0 Å². The van der Waals surface area contributed by atoms with Gasteiger partial charge in [-0.3, -0.25) is 0 Å². The van der Waals surface area contributed by atoms with E-state index in [4.69, 9.17) is 12.0 Å². The molecule has 1 nitrogen and oxygen atoms in total. The van der Waals surface area contributed by atoms with Crippen LogP contribution in [0.3, 0.4) is 0 Å². The van der Waals surface area contributed by atoms with Crippen LogP contribution in [0.1, 0.15) is 32.9 Å². The molecule has 0 spiro atoms. The number of aliphatic hydroxyl groups excluding tert-OH is 1. The van der Waals surface area contributed by atoms with Crippen LogP contribution in [0.4, 0.5) is 0 Å². The molecule has 0 saturated heterocycles. The molecule has 0 aliphatic heterocycles. The fraction of sp³-hybridized carbons (Fsp3) is 0.556. The van der Waals surface area contributed by atoms with Crippen molar-refractivity contribution in [3.8, 4) is 23.7 Å². The summed E-state index contributed by atoms with van der Waals surface area (Å²) in [6.07, 6.45) is -2.05. The summed E-state index contributed by atoms with van der Waals surface area (Å²) in [7, 11) is 0. The lowest BCUT2D eigenvalue weighted by Crippen LogP contribution is -1.75. The van der Waals surface area contributed by atoms with E-state index in [1.165, 1.54) is 0 Å². The molecule has 0 atom stereocenters. The monoisotopic (exact) mass is 141 g/mol. The van der Waals surface area contributed by atoms with Gasteiger partial charge in [0.25, 0.3) is 0 Å². The molecule has 0 radical (unpaired) electrons. The Bertz CT molecular complexity index is 309. The molecule has 0 amide bonds. The van der Waals surface area contributed by atoms with Gasteiger partial charge in [-0.2, -0.15) is 0 Å². The summed E-state index contributed by atoms with van der Waals surface area (Å²) in [5.74, 6) is 9.55. The molecule has 0 rings (SSSR count). The first-order valence-electron chi connectivity index (χ1n) is 5.38. The minimum atomic E-state index is -2.74. The third kappa shape index (κ3) is 7.08. The smallest absolute Gasteiger partial charge is 0.0702 e. The predicted molar refractivity (Wildman–Crippen MR) is 42.2 cm³/mol. The van der Waals surface area contributed by atoms with E-state index in [1.807, 2.05) is 5.92 Å². The van der Waals surface area contributed by atoms with Crippen molar-refractivity contribution < 1.29 is 12.0 Å². The van der Waals surface area contributed by atoms with Crippen molar-refractivity contribution in [3.63, 3.8) is 0 Å². The fourth-order valence-corrected chi connectivity index (χ4v) is 0.339. The lowest BCUT2D eigenvalue weighted by Gasteiger charge is -1.75. The molecule has 54 valence electrons. The zero-order valence-electron chi connectivity index (χ0n) is 10.6. The molecule has 0 heterocycles. The number of hydrogen-bond donors (Lipinski definition) is 1. The van der Waals surface area contributed by atoms with Gasteiger partial charge in [-0.1, -0.05) is 24.6 Å². The number of rotatable bonds is 1. The third-order valence-corrected chi connectivity index (χ3v) is 0.689. The van der Waals surface area contributed by atoms with Crippen molar-refractivity contribution in [2.24, 2.45) is 0 Å². The highest BCUT2D eigenvalue weighted by Gasteiger charge is 1.69. The predicted octanol–water partition coefficient (Wildman–Crippen LogP) is 1.18. The molecular formula is C9H12O. The molecule has 1 N–H and O–H groups in total. The van der Waals surface area contributed by atoms with Gasteiger partial charge in [-0.15, -0.1) is 5.92 Å². The highest BCUT2D eigenvalue weighted by Crippen LogP contribution is 1.75. The van der Waals surface area contributed by atoms with Crippen molar-refractivity contribution in [3.05, 3.63) is 0 Å². The molecule has 0 saturated carbocycles. The largest absolute Gasteiger partial charge is 0.395 e. The maximum Gasteiger partial charge on any atom is 0.0702 e. The van der Waals surface area contributed by atoms with Gasteiger partial charge in [0, 0.05) is 19.6 Å². The Kier molecular flexibility index (Phi) is 2.80. The maximum absolute atomic E-state index is 8.39. The zero-order chi connectivity index (χ0) is 11.9. The standard InChI is InChI=1S/C9H12O/c1-2-3-4-5-6-7-8-9-10/h10H,2,5,8-9H2,1H3/i1D3,2D2. The first kappa shape index (κ1) is 3.46. The average Bonchev–Trinajstić information content (AvgIpc) is 2.09. The normalized spacial score (nSPS) is 17.1. The second-order valence-corrected chi connectivity index (χ2v) is 1.43.